The lowest BCUT2D eigenvalue weighted by atomic mass is 10.1. The predicted molar refractivity (Wildman–Crippen MR) is 91.3 cm³/mol. The highest BCUT2D eigenvalue weighted by atomic mass is 79.9. The van der Waals surface area contributed by atoms with E-state index in [1.165, 1.54) is 29.7 Å². The first kappa shape index (κ1) is 14.9. The zero-order valence-corrected chi connectivity index (χ0v) is 14.7. The molecule has 1 atom stereocenters. The average molecular weight is 367 g/mol. The maximum Gasteiger partial charge on any atom is 0.160 e. The van der Waals surface area contributed by atoms with Crippen LogP contribution in [-0.4, -0.2) is 14.2 Å². The van der Waals surface area contributed by atoms with Crippen molar-refractivity contribution in [1.82, 2.24) is 0 Å². The molecule has 112 valence electrons. The van der Waals surface area contributed by atoms with E-state index in [1.54, 1.807) is 24.7 Å². The molecule has 0 N–H and O–H groups in total. The Hall–Kier alpha value is -1.00. The maximum atomic E-state index is 5.38. The van der Waals surface area contributed by atoms with Gasteiger partial charge in [-0.05, 0) is 55.0 Å². The molecule has 0 fully saturated rings. The van der Waals surface area contributed by atoms with Crippen molar-refractivity contribution in [3.8, 4) is 11.5 Å². The third-order valence-corrected chi connectivity index (χ3v) is 6.41. The van der Waals surface area contributed by atoms with E-state index in [0.29, 0.717) is 4.83 Å². The summed E-state index contributed by atoms with van der Waals surface area (Å²) in [5.41, 5.74) is 2.81. The monoisotopic (exact) mass is 366 g/mol. The van der Waals surface area contributed by atoms with Gasteiger partial charge in [0.2, 0.25) is 0 Å². The van der Waals surface area contributed by atoms with Crippen LogP contribution >= 0.6 is 27.3 Å². The number of halogens is 1. The molecule has 4 heteroatoms. The third-order valence-electron chi connectivity index (χ3n) is 3.94. The Bertz CT molecular complexity index is 614. The summed E-state index contributed by atoms with van der Waals surface area (Å²) in [4.78, 5) is 3.39. The lowest BCUT2D eigenvalue weighted by Gasteiger charge is -2.12. The van der Waals surface area contributed by atoms with Crippen LogP contribution in [0.1, 0.15) is 32.1 Å². The Morgan fingerprint density at radius 1 is 1.14 bits per heavy atom. The molecule has 2 aromatic rings. The zero-order chi connectivity index (χ0) is 14.8. The highest BCUT2D eigenvalue weighted by Gasteiger charge is 2.19. The van der Waals surface area contributed by atoms with E-state index in [9.17, 15) is 0 Å². The number of benzene rings is 1. The topological polar surface area (TPSA) is 18.5 Å². The minimum Gasteiger partial charge on any atom is -0.493 e. The highest BCUT2D eigenvalue weighted by molar-refractivity contribution is 9.09. The second-order valence-electron chi connectivity index (χ2n) is 5.31. The van der Waals surface area contributed by atoms with Gasteiger partial charge in [0.15, 0.2) is 11.5 Å². The van der Waals surface area contributed by atoms with Gasteiger partial charge in [-0.15, -0.1) is 11.3 Å². The van der Waals surface area contributed by atoms with Crippen LogP contribution in [0.15, 0.2) is 24.3 Å². The van der Waals surface area contributed by atoms with Crippen LogP contribution in [0.25, 0.3) is 0 Å². The molecule has 0 bridgehead atoms. The van der Waals surface area contributed by atoms with Crippen LogP contribution in [0.2, 0.25) is 0 Å². The molecule has 2 nitrogen and oxygen atoms in total. The van der Waals surface area contributed by atoms with Crippen molar-refractivity contribution >= 4 is 27.3 Å². The molecule has 3 rings (SSSR count). The molecule has 0 radical (unpaired) electrons. The first-order chi connectivity index (χ1) is 10.2. The number of aryl methyl sites for hydroxylation is 2. The van der Waals surface area contributed by atoms with Gasteiger partial charge in [-0.3, -0.25) is 0 Å². The summed E-state index contributed by atoms with van der Waals surface area (Å²) in [6.45, 7) is 0. The number of rotatable bonds is 5. The SMILES string of the molecule is COc1ccc(CC(Br)c2cc3c(s2)CCC3)cc1OC. The van der Waals surface area contributed by atoms with Gasteiger partial charge in [-0.2, -0.15) is 0 Å². The molecule has 0 saturated carbocycles. The number of fused-ring (bicyclic) bond motifs is 1. The molecule has 0 saturated heterocycles. The molecule has 0 spiro atoms. The van der Waals surface area contributed by atoms with Gasteiger partial charge in [0.05, 0.1) is 19.0 Å². The van der Waals surface area contributed by atoms with Gasteiger partial charge in [0, 0.05) is 9.75 Å². The van der Waals surface area contributed by atoms with Crippen LogP contribution in [0.3, 0.4) is 0 Å². The van der Waals surface area contributed by atoms with E-state index in [1.807, 2.05) is 17.4 Å². The number of ether oxygens (including phenoxy) is 2. The minimum atomic E-state index is 0.367. The second-order valence-corrected chi connectivity index (χ2v) is 7.59. The van der Waals surface area contributed by atoms with Gasteiger partial charge in [-0.25, -0.2) is 0 Å². The van der Waals surface area contributed by atoms with E-state index < -0.39 is 0 Å². The summed E-state index contributed by atoms with van der Waals surface area (Å²) in [6.07, 6.45) is 4.79. The molecular weight excluding hydrogens is 348 g/mol. The molecule has 21 heavy (non-hydrogen) atoms. The Morgan fingerprint density at radius 2 is 1.95 bits per heavy atom. The van der Waals surface area contributed by atoms with Crippen molar-refractivity contribution in [2.45, 2.75) is 30.5 Å². The maximum absolute atomic E-state index is 5.38. The van der Waals surface area contributed by atoms with Crippen LogP contribution in [0.4, 0.5) is 0 Å². The zero-order valence-electron chi connectivity index (χ0n) is 12.3. The van der Waals surface area contributed by atoms with Gasteiger partial charge in [0.25, 0.3) is 0 Å². The largest absolute Gasteiger partial charge is 0.493 e. The van der Waals surface area contributed by atoms with Gasteiger partial charge in [-0.1, -0.05) is 22.0 Å². The lowest BCUT2D eigenvalue weighted by molar-refractivity contribution is 0.354. The molecule has 1 unspecified atom stereocenters. The first-order valence-electron chi connectivity index (χ1n) is 7.17. The van der Waals surface area contributed by atoms with Crippen molar-refractivity contribution in [2.24, 2.45) is 0 Å². The average Bonchev–Trinajstić information content (AvgIpc) is 3.08. The summed E-state index contributed by atoms with van der Waals surface area (Å²) in [5.74, 6) is 1.57. The van der Waals surface area contributed by atoms with Crippen molar-refractivity contribution < 1.29 is 9.47 Å². The first-order valence-corrected chi connectivity index (χ1v) is 8.91. The van der Waals surface area contributed by atoms with Crippen molar-refractivity contribution in [2.75, 3.05) is 14.2 Å². The molecule has 0 amide bonds. The van der Waals surface area contributed by atoms with Crippen LogP contribution < -0.4 is 9.47 Å². The van der Waals surface area contributed by atoms with Gasteiger partial charge in [0.1, 0.15) is 0 Å². The smallest absolute Gasteiger partial charge is 0.160 e. The fraction of sp³-hybridized carbons (Fsp3) is 0.412. The number of hydrogen-bond donors (Lipinski definition) is 0. The fourth-order valence-corrected chi connectivity index (χ4v) is 4.84. The Kier molecular flexibility index (Phi) is 4.55. The molecule has 1 aromatic carbocycles. The quantitative estimate of drug-likeness (QED) is 0.698. The molecule has 1 aliphatic rings. The third kappa shape index (κ3) is 3.11. The van der Waals surface area contributed by atoms with Crippen molar-refractivity contribution in [3.63, 3.8) is 0 Å². The molecule has 1 heterocycles. The molecular formula is C17H19BrO2S. The van der Waals surface area contributed by atoms with Gasteiger partial charge >= 0.3 is 0 Å². The van der Waals surface area contributed by atoms with E-state index in [-0.39, 0.29) is 0 Å². The lowest BCUT2D eigenvalue weighted by Crippen LogP contribution is -1.96. The number of methoxy groups -OCH3 is 2. The summed E-state index contributed by atoms with van der Waals surface area (Å²) in [7, 11) is 3.34. The Morgan fingerprint density at radius 3 is 2.67 bits per heavy atom. The fourth-order valence-electron chi connectivity index (χ4n) is 2.82. The number of alkyl halides is 1. The van der Waals surface area contributed by atoms with E-state index in [4.69, 9.17) is 9.47 Å². The Labute approximate surface area is 138 Å². The van der Waals surface area contributed by atoms with Crippen molar-refractivity contribution in [1.29, 1.82) is 0 Å². The normalized spacial score (nSPS) is 14.8. The molecule has 1 aromatic heterocycles. The minimum absolute atomic E-state index is 0.367. The molecule has 0 aliphatic heterocycles. The predicted octanol–water partition coefficient (Wildman–Crippen LogP) is 4.93. The van der Waals surface area contributed by atoms with E-state index in [2.05, 4.69) is 34.1 Å². The standard InChI is InChI=1S/C17H19BrO2S/c1-19-14-7-6-11(9-15(14)20-2)8-13(18)17-10-12-4-3-5-16(12)21-17/h6-7,9-10,13H,3-5,8H2,1-2H3. The Balaban J connectivity index is 1.76. The summed E-state index contributed by atoms with van der Waals surface area (Å²) >= 11 is 5.81. The van der Waals surface area contributed by atoms with Crippen LogP contribution in [-0.2, 0) is 19.3 Å². The molecule has 1 aliphatic carbocycles. The summed E-state index contributed by atoms with van der Waals surface area (Å²) < 4.78 is 10.7. The summed E-state index contributed by atoms with van der Waals surface area (Å²) in [5, 5.41) is 0. The number of thiophene rings is 1. The highest BCUT2D eigenvalue weighted by Crippen LogP contribution is 2.39. The van der Waals surface area contributed by atoms with Crippen LogP contribution in [0.5, 0.6) is 11.5 Å². The van der Waals surface area contributed by atoms with E-state index in [0.717, 1.165) is 17.9 Å². The number of hydrogen-bond acceptors (Lipinski definition) is 3. The second kappa shape index (κ2) is 6.41. The van der Waals surface area contributed by atoms with Crippen molar-refractivity contribution in [3.05, 3.63) is 45.1 Å². The van der Waals surface area contributed by atoms with Gasteiger partial charge < -0.3 is 9.47 Å². The van der Waals surface area contributed by atoms with E-state index >= 15 is 0 Å². The summed E-state index contributed by atoms with van der Waals surface area (Å²) in [6, 6.07) is 8.53. The van der Waals surface area contributed by atoms with Crippen LogP contribution in [0, 0.1) is 0 Å².